The highest BCUT2D eigenvalue weighted by Crippen LogP contribution is 2.36. The number of piperidine rings is 1. The van der Waals surface area contributed by atoms with Crippen LogP contribution >= 0.6 is 0 Å². The van der Waals surface area contributed by atoms with Gasteiger partial charge in [0.1, 0.15) is 11.4 Å². The van der Waals surface area contributed by atoms with Crippen molar-refractivity contribution >= 4 is 22.8 Å². The molecular formula is C29H30FN3O3. The number of hydrogen-bond acceptors (Lipinski definition) is 4. The Kier molecular flexibility index (Phi) is 6.98. The number of ether oxygens (including phenoxy) is 1. The molecule has 1 saturated heterocycles. The van der Waals surface area contributed by atoms with Crippen molar-refractivity contribution < 1.29 is 18.7 Å². The van der Waals surface area contributed by atoms with Gasteiger partial charge in [-0.2, -0.15) is 5.26 Å². The molecule has 1 aliphatic rings. The highest BCUT2D eigenvalue weighted by atomic mass is 19.1. The molecule has 0 atom stereocenters. The molecule has 1 N–H and O–H groups in total. The molecule has 1 heterocycles. The van der Waals surface area contributed by atoms with Crippen LogP contribution in [-0.2, 0) is 10.2 Å². The van der Waals surface area contributed by atoms with Gasteiger partial charge >= 0.3 is 6.09 Å². The van der Waals surface area contributed by atoms with Gasteiger partial charge in [0, 0.05) is 30.6 Å². The molecule has 1 aliphatic heterocycles. The van der Waals surface area contributed by atoms with Crippen molar-refractivity contribution in [3.63, 3.8) is 0 Å². The number of likely N-dealkylation sites (tertiary alicyclic amines) is 1. The first-order valence-corrected chi connectivity index (χ1v) is 12.1. The number of fused-ring (bicyclic) bond motifs is 1. The second-order valence-electron chi connectivity index (χ2n) is 10.3. The van der Waals surface area contributed by atoms with E-state index in [2.05, 4.69) is 11.4 Å². The van der Waals surface area contributed by atoms with Crippen molar-refractivity contribution in [3.05, 3.63) is 83.2 Å². The van der Waals surface area contributed by atoms with Crippen molar-refractivity contribution in [3.8, 4) is 6.07 Å². The van der Waals surface area contributed by atoms with Crippen LogP contribution < -0.4 is 5.32 Å². The highest BCUT2D eigenvalue weighted by molar-refractivity contribution is 6.07. The molecule has 186 valence electrons. The van der Waals surface area contributed by atoms with Crippen LogP contribution in [0.2, 0.25) is 0 Å². The fourth-order valence-corrected chi connectivity index (χ4v) is 4.72. The van der Waals surface area contributed by atoms with Gasteiger partial charge in [-0.15, -0.1) is 0 Å². The summed E-state index contributed by atoms with van der Waals surface area (Å²) in [4.78, 5) is 27.6. The first-order chi connectivity index (χ1) is 17.1. The molecule has 1 fully saturated rings. The second kappa shape index (κ2) is 9.98. The van der Waals surface area contributed by atoms with Crippen molar-refractivity contribution in [2.24, 2.45) is 0 Å². The summed E-state index contributed by atoms with van der Waals surface area (Å²) in [5.74, 6) is -0.608. The van der Waals surface area contributed by atoms with E-state index >= 15 is 0 Å². The Morgan fingerprint density at radius 1 is 1.08 bits per heavy atom. The van der Waals surface area contributed by atoms with Crippen LogP contribution in [0.4, 0.5) is 9.18 Å². The Bertz CT molecular complexity index is 1310. The standard InChI is InChI=1S/C29H30FN3O3/c1-28(2,3)36-27(35)33-14-12-29(13-15-33,22-8-10-23(30)11-9-22)19-32-26(34)25-17-20(18-31)16-21-6-4-5-7-24(21)25/h4-11,16-17H,12-15,19H2,1-3H3,(H,32,34). The lowest BCUT2D eigenvalue weighted by Gasteiger charge is -2.42. The minimum absolute atomic E-state index is 0.278. The van der Waals surface area contributed by atoms with Gasteiger partial charge in [0.15, 0.2) is 0 Å². The zero-order valence-electron chi connectivity index (χ0n) is 20.8. The van der Waals surface area contributed by atoms with Crippen LogP contribution in [0.3, 0.4) is 0 Å². The average Bonchev–Trinajstić information content (AvgIpc) is 2.86. The number of amides is 2. The summed E-state index contributed by atoms with van der Waals surface area (Å²) in [6, 6.07) is 19.3. The molecule has 0 aromatic heterocycles. The van der Waals surface area contributed by atoms with Gasteiger partial charge in [-0.1, -0.05) is 36.4 Å². The Morgan fingerprint density at radius 3 is 2.39 bits per heavy atom. The Hall–Kier alpha value is -3.92. The maximum Gasteiger partial charge on any atom is 0.410 e. The monoisotopic (exact) mass is 487 g/mol. The molecule has 0 unspecified atom stereocenters. The minimum atomic E-state index is -0.586. The summed E-state index contributed by atoms with van der Waals surface area (Å²) in [5, 5.41) is 14.1. The van der Waals surface area contributed by atoms with E-state index in [1.165, 1.54) is 12.1 Å². The molecular weight excluding hydrogens is 457 g/mol. The van der Waals surface area contributed by atoms with Gasteiger partial charge < -0.3 is 15.0 Å². The van der Waals surface area contributed by atoms with Crippen LogP contribution in [0.15, 0.2) is 60.7 Å². The lowest BCUT2D eigenvalue weighted by atomic mass is 9.72. The Labute approximate surface area is 210 Å². The third-order valence-electron chi connectivity index (χ3n) is 6.65. The average molecular weight is 488 g/mol. The van der Waals surface area contributed by atoms with Crippen LogP contribution in [0.5, 0.6) is 0 Å². The number of carbonyl (C=O) groups excluding carboxylic acids is 2. The number of carbonyl (C=O) groups is 2. The summed E-state index contributed by atoms with van der Waals surface area (Å²) < 4.78 is 19.2. The summed E-state index contributed by atoms with van der Waals surface area (Å²) in [6.45, 7) is 6.71. The first-order valence-electron chi connectivity index (χ1n) is 12.1. The molecule has 3 aromatic carbocycles. The number of halogens is 1. The van der Waals surface area contributed by atoms with E-state index in [0.29, 0.717) is 43.6 Å². The van der Waals surface area contributed by atoms with Crippen molar-refractivity contribution in [2.45, 2.75) is 44.6 Å². The van der Waals surface area contributed by atoms with E-state index in [0.717, 1.165) is 16.3 Å². The predicted octanol–water partition coefficient (Wildman–Crippen LogP) is 5.55. The van der Waals surface area contributed by atoms with Gasteiger partial charge in [-0.25, -0.2) is 9.18 Å². The van der Waals surface area contributed by atoms with Crippen molar-refractivity contribution in [1.82, 2.24) is 10.2 Å². The van der Waals surface area contributed by atoms with Crippen LogP contribution in [0.25, 0.3) is 10.8 Å². The molecule has 36 heavy (non-hydrogen) atoms. The van der Waals surface area contributed by atoms with E-state index < -0.39 is 11.0 Å². The molecule has 0 bridgehead atoms. The topological polar surface area (TPSA) is 82.4 Å². The molecule has 6 nitrogen and oxygen atoms in total. The quantitative estimate of drug-likeness (QED) is 0.523. The number of rotatable bonds is 4. The molecule has 0 radical (unpaired) electrons. The van der Waals surface area contributed by atoms with E-state index in [-0.39, 0.29) is 17.8 Å². The van der Waals surface area contributed by atoms with Crippen LogP contribution in [-0.4, -0.2) is 42.1 Å². The van der Waals surface area contributed by atoms with Crippen LogP contribution in [0.1, 0.15) is 55.1 Å². The number of nitrogens with one attached hydrogen (secondary N) is 1. The molecule has 2 amide bonds. The fraction of sp³-hybridized carbons (Fsp3) is 0.345. The van der Waals surface area contributed by atoms with Crippen molar-refractivity contribution in [2.75, 3.05) is 19.6 Å². The number of nitriles is 1. The number of hydrogen-bond donors (Lipinski definition) is 1. The second-order valence-corrected chi connectivity index (χ2v) is 10.3. The van der Waals surface area contributed by atoms with Gasteiger partial charge in [-0.05, 0) is 74.2 Å². The summed E-state index contributed by atoms with van der Waals surface area (Å²) in [5.41, 5.74) is 0.688. The number of nitrogens with zero attached hydrogens (tertiary/aromatic N) is 2. The maximum atomic E-state index is 13.7. The molecule has 3 aromatic rings. The summed E-state index contributed by atoms with van der Waals surface area (Å²) >= 11 is 0. The molecule has 0 aliphatic carbocycles. The van der Waals surface area contributed by atoms with E-state index in [9.17, 15) is 19.2 Å². The smallest absolute Gasteiger partial charge is 0.410 e. The lowest BCUT2D eigenvalue weighted by Crippen LogP contribution is -2.51. The zero-order chi connectivity index (χ0) is 25.9. The lowest BCUT2D eigenvalue weighted by molar-refractivity contribution is 0.0162. The molecule has 0 spiro atoms. The predicted molar refractivity (Wildman–Crippen MR) is 136 cm³/mol. The van der Waals surface area contributed by atoms with E-state index in [1.807, 2.05) is 45.0 Å². The number of benzene rings is 3. The van der Waals surface area contributed by atoms with E-state index in [1.54, 1.807) is 29.2 Å². The van der Waals surface area contributed by atoms with Gasteiger partial charge in [0.25, 0.3) is 5.91 Å². The van der Waals surface area contributed by atoms with Crippen LogP contribution in [0, 0.1) is 17.1 Å². The molecule has 7 heteroatoms. The third kappa shape index (κ3) is 5.49. The normalized spacial score (nSPS) is 15.2. The van der Waals surface area contributed by atoms with Gasteiger partial charge in [-0.3, -0.25) is 4.79 Å². The highest BCUT2D eigenvalue weighted by Gasteiger charge is 2.39. The third-order valence-corrected chi connectivity index (χ3v) is 6.65. The minimum Gasteiger partial charge on any atom is -0.444 e. The zero-order valence-corrected chi connectivity index (χ0v) is 20.8. The fourth-order valence-electron chi connectivity index (χ4n) is 4.72. The Morgan fingerprint density at radius 2 is 1.75 bits per heavy atom. The van der Waals surface area contributed by atoms with E-state index in [4.69, 9.17) is 4.74 Å². The van der Waals surface area contributed by atoms with Crippen molar-refractivity contribution in [1.29, 1.82) is 5.26 Å². The summed E-state index contributed by atoms with van der Waals surface area (Å²) in [6.07, 6.45) is 0.799. The first kappa shape index (κ1) is 25.2. The Balaban J connectivity index is 1.57. The maximum absolute atomic E-state index is 13.7. The van der Waals surface area contributed by atoms with Gasteiger partial charge in [0.05, 0.1) is 11.6 Å². The summed E-state index contributed by atoms with van der Waals surface area (Å²) in [7, 11) is 0. The molecule has 4 rings (SSSR count). The van der Waals surface area contributed by atoms with Gasteiger partial charge in [0.2, 0.25) is 0 Å². The molecule has 0 saturated carbocycles. The largest absolute Gasteiger partial charge is 0.444 e. The SMILES string of the molecule is CC(C)(C)OC(=O)N1CCC(CNC(=O)c2cc(C#N)cc3ccccc23)(c2ccc(F)cc2)CC1.